The van der Waals surface area contributed by atoms with Crippen molar-refractivity contribution in [2.45, 2.75) is 58.4 Å². The molecule has 2 unspecified atom stereocenters. The van der Waals surface area contributed by atoms with Crippen LogP contribution in [0.25, 0.3) is 16.4 Å². The molecule has 4 nitrogen and oxygen atoms in total. The number of rotatable bonds is 2. The molecule has 0 saturated carbocycles. The van der Waals surface area contributed by atoms with E-state index in [1.54, 1.807) is 0 Å². The van der Waals surface area contributed by atoms with Crippen molar-refractivity contribution in [2.24, 2.45) is 0 Å². The zero-order valence-electron chi connectivity index (χ0n) is 14.0. The third-order valence-corrected chi connectivity index (χ3v) is 6.36. The fourth-order valence-electron chi connectivity index (χ4n) is 4.34. The molecule has 2 atom stereocenters. The zero-order valence-corrected chi connectivity index (χ0v) is 14.0. The number of hydrogen-bond acceptors (Lipinski definition) is 2. The Bertz CT molecular complexity index is 910. The van der Waals surface area contributed by atoms with Gasteiger partial charge in [-0.05, 0) is 49.3 Å². The van der Waals surface area contributed by atoms with Crippen LogP contribution in [0.4, 0.5) is 0 Å². The second-order valence-electron chi connectivity index (χ2n) is 7.01. The van der Waals surface area contributed by atoms with Crippen LogP contribution in [0, 0.1) is 6.92 Å². The molecule has 3 aromatic rings. The maximum Gasteiger partial charge on any atom is 0.295 e. The maximum atomic E-state index is 4.54. The number of hydrogen-bond donors (Lipinski definition) is 0. The molecule has 4 rings (SSSR count). The number of benzene rings is 1. The van der Waals surface area contributed by atoms with E-state index in [1.165, 1.54) is 21.9 Å². The van der Waals surface area contributed by atoms with Crippen LogP contribution in [0.1, 0.15) is 51.7 Å². The molecule has 0 N–H and O–H groups in total. The van der Waals surface area contributed by atoms with Gasteiger partial charge in [-0.2, -0.15) is 0 Å². The number of tetrazole rings is 1. The molecule has 0 aliphatic carbocycles. The first-order chi connectivity index (χ1) is 10.5. The summed E-state index contributed by atoms with van der Waals surface area (Å²) in [6, 6.07) is 6.76. The summed E-state index contributed by atoms with van der Waals surface area (Å²) >= 11 is 0. The summed E-state index contributed by atoms with van der Waals surface area (Å²) in [6.45, 7) is 11.4. The molecule has 0 radical (unpaired) electrons. The summed E-state index contributed by atoms with van der Waals surface area (Å²) in [5, 5.41) is 11.6. The lowest BCUT2D eigenvalue weighted by atomic mass is 9.62. The highest BCUT2D eigenvalue weighted by Crippen LogP contribution is 2.48. The van der Waals surface area contributed by atoms with Gasteiger partial charge in [-0.15, -0.1) is 4.68 Å². The minimum absolute atomic E-state index is 0.0449. The molecule has 4 heteroatoms. The Kier molecular flexibility index (Phi) is 2.52. The van der Waals surface area contributed by atoms with Crippen molar-refractivity contribution in [2.75, 3.05) is 0 Å². The topological polar surface area (TPSA) is 34.1 Å². The highest BCUT2D eigenvalue weighted by molar-refractivity contribution is 5.98. The lowest BCUT2D eigenvalue weighted by Crippen LogP contribution is -2.67. The second-order valence-corrected chi connectivity index (χ2v) is 7.01. The number of aromatic nitrogens is 4. The Labute approximate surface area is 130 Å². The van der Waals surface area contributed by atoms with E-state index in [1.807, 2.05) is 10.7 Å². The maximum absolute atomic E-state index is 4.54. The molecule has 0 fully saturated rings. The highest BCUT2D eigenvalue weighted by Gasteiger charge is 2.54. The molecule has 2 aromatic heterocycles. The standard InChI is InChI=1S/C18H23N4/c1-6-17(4)14-9-8-12(3)13-10-11-21-16(15(13)14)22(20-19-21)18(17,5)7-2/h8-11H,6-7H2,1-5H3/q+1. The van der Waals surface area contributed by atoms with E-state index in [9.17, 15) is 0 Å². The van der Waals surface area contributed by atoms with Crippen molar-refractivity contribution in [3.63, 3.8) is 0 Å². The normalized spacial score (nSPS) is 27.1. The molecule has 0 bridgehead atoms. The van der Waals surface area contributed by atoms with Gasteiger partial charge in [0, 0.05) is 5.41 Å². The molecule has 114 valence electrons. The van der Waals surface area contributed by atoms with Gasteiger partial charge in [0.05, 0.1) is 5.39 Å². The van der Waals surface area contributed by atoms with E-state index in [4.69, 9.17) is 0 Å². The van der Waals surface area contributed by atoms with Gasteiger partial charge in [-0.25, -0.2) is 0 Å². The van der Waals surface area contributed by atoms with Gasteiger partial charge in [-0.1, -0.05) is 37.4 Å². The van der Waals surface area contributed by atoms with Crippen LogP contribution in [0.2, 0.25) is 0 Å². The van der Waals surface area contributed by atoms with E-state index in [2.05, 4.69) is 67.9 Å². The smallest absolute Gasteiger partial charge is 0.126 e. The lowest BCUT2D eigenvalue weighted by molar-refractivity contribution is -0.802. The minimum Gasteiger partial charge on any atom is -0.126 e. The van der Waals surface area contributed by atoms with E-state index in [0.717, 1.165) is 18.5 Å². The van der Waals surface area contributed by atoms with E-state index < -0.39 is 0 Å². The molecule has 1 aliphatic rings. The van der Waals surface area contributed by atoms with Crippen LogP contribution in [-0.2, 0) is 11.0 Å². The summed E-state index contributed by atoms with van der Waals surface area (Å²) in [5.41, 5.74) is 3.86. The van der Waals surface area contributed by atoms with E-state index in [-0.39, 0.29) is 11.0 Å². The van der Waals surface area contributed by atoms with Crippen molar-refractivity contribution in [3.05, 3.63) is 35.5 Å². The summed E-state index contributed by atoms with van der Waals surface area (Å²) < 4.78 is 4.10. The first-order valence-electron chi connectivity index (χ1n) is 8.18. The van der Waals surface area contributed by atoms with Gasteiger partial charge in [0.15, 0.2) is 5.21 Å². The summed E-state index contributed by atoms with van der Waals surface area (Å²) in [6.07, 6.45) is 4.14. The molecule has 22 heavy (non-hydrogen) atoms. The molecule has 0 amide bonds. The third-order valence-electron chi connectivity index (χ3n) is 6.36. The van der Waals surface area contributed by atoms with Gasteiger partial charge in [0.2, 0.25) is 0 Å². The van der Waals surface area contributed by atoms with Crippen LogP contribution >= 0.6 is 0 Å². The fraction of sp³-hybridized carbons (Fsp3) is 0.500. The first kappa shape index (κ1) is 13.7. The van der Waals surface area contributed by atoms with Crippen LogP contribution in [0.15, 0.2) is 24.4 Å². The third kappa shape index (κ3) is 1.28. The second kappa shape index (κ2) is 4.06. The number of pyridine rings is 1. The molecule has 1 aliphatic heterocycles. The highest BCUT2D eigenvalue weighted by atomic mass is 15.6. The Morgan fingerprint density at radius 1 is 1.14 bits per heavy atom. The van der Waals surface area contributed by atoms with Crippen molar-refractivity contribution < 1.29 is 4.68 Å². The van der Waals surface area contributed by atoms with Crippen LogP contribution < -0.4 is 4.68 Å². The average molecular weight is 295 g/mol. The van der Waals surface area contributed by atoms with E-state index >= 15 is 0 Å². The van der Waals surface area contributed by atoms with Gasteiger partial charge >= 0.3 is 0 Å². The average Bonchev–Trinajstić information content (AvgIpc) is 2.97. The van der Waals surface area contributed by atoms with E-state index in [0.29, 0.717) is 0 Å². The molecule has 0 spiro atoms. The molecular formula is C18H23N4+. The summed E-state index contributed by atoms with van der Waals surface area (Å²) in [4.78, 5) is 0. The van der Waals surface area contributed by atoms with Crippen molar-refractivity contribution in [3.8, 4) is 0 Å². The number of nitrogens with zero attached hydrogens (tertiary/aromatic N) is 4. The van der Waals surface area contributed by atoms with Gasteiger partial charge < -0.3 is 0 Å². The molecule has 3 heterocycles. The SMILES string of the molecule is CCC1(C)c2ccc(C)c3ccn4nn[n+](c4c23)C1(C)CC. The minimum atomic E-state index is -0.0694. The van der Waals surface area contributed by atoms with Crippen LogP contribution in [0.3, 0.4) is 0 Å². The summed E-state index contributed by atoms with van der Waals surface area (Å²) in [5.74, 6) is 0. The Morgan fingerprint density at radius 3 is 2.59 bits per heavy atom. The quantitative estimate of drug-likeness (QED) is 0.680. The largest absolute Gasteiger partial charge is 0.295 e. The lowest BCUT2D eigenvalue weighted by Gasteiger charge is -2.45. The Hall–Kier alpha value is -1.97. The van der Waals surface area contributed by atoms with Gasteiger partial charge in [-0.3, -0.25) is 0 Å². The fourth-order valence-corrected chi connectivity index (χ4v) is 4.34. The monoisotopic (exact) mass is 295 g/mol. The molecule has 1 aromatic carbocycles. The van der Waals surface area contributed by atoms with Crippen molar-refractivity contribution >= 4 is 16.4 Å². The molecular weight excluding hydrogens is 272 g/mol. The van der Waals surface area contributed by atoms with Crippen LogP contribution in [0.5, 0.6) is 0 Å². The predicted molar refractivity (Wildman–Crippen MR) is 87.0 cm³/mol. The Balaban J connectivity index is 2.32. The van der Waals surface area contributed by atoms with Crippen molar-refractivity contribution in [1.29, 1.82) is 0 Å². The number of aryl methyl sites for hydroxylation is 1. The van der Waals surface area contributed by atoms with Crippen molar-refractivity contribution in [1.82, 2.24) is 14.9 Å². The molecule has 0 saturated heterocycles. The van der Waals surface area contributed by atoms with Gasteiger partial charge in [0.25, 0.3) is 5.65 Å². The Morgan fingerprint density at radius 2 is 1.91 bits per heavy atom. The van der Waals surface area contributed by atoms with Crippen LogP contribution in [-0.4, -0.2) is 14.9 Å². The first-order valence-corrected chi connectivity index (χ1v) is 8.18. The summed E-state index contributed by atoms with van der Waals surface area (Å²) in [7, 11) is 0. The van der Waals surface area contributed by atoms with Gasteiger partial charge in [0.1, 0.15) is 16.9 Å². The zero-order chi connectivity index (χ0) is 15.7. The predicted octanol–water partition coefficient (Wildman–Crippen LogP) is 3.28.